The molecule has 0 aliphatic heterocycles. The van der Waals surface area contributed by atoms with Crippen molar-refractivity contribution in [2.24, 2.45) is 0 Å². The summed E-state index contributed by atoms with van der Waals surface area (Å²) in [4.78, 5) is 0. The van der Waals surface area contributed by atoms with Crippen molar-refractivity contribution in [3.63, 3.8) is 0 Å². The Labute approximate surface area is 48.5 Å². The summed E-state index contributed by atoms with van der Waals surface area (Å²) >= 11 is 0. The molecule has 4 heavy (non-hydrogen) atoms. The van der Waals surface area contributed by atoms with Crippen molar-refractivity contribution in [1.29, 1.82) is 11.1 Å². The molecule has 0 aliphatic rings. The van der Waals surface area contributed by atoms with Crippen LogP contribution in [0.15, 0.2) is 0 Å². The molecule has 0 fully saturated rings. The first-order valence-corrected chi connectivity index (χ1v) is 0.250. The van der Waals surface area contributed by atoms with E-state index in [1.54, 1.807) is 0 Å². The van der Waals surface area contributed by atoms with Crippen LogP contribution in [0.25, 0.3) is 0 Å². The molecular weight excluding hydrogens is 125 g/mol. The summed E-state index contributed by atoms with van der Waals surface area (Å²) in [5.41, 5.74) is 10.0. The van der Waals surface area contributed by atoms with Crippen LogP contribution < -0.4 is 0 Å². The van der Waals surface area contributed by atoms with Gasteiger partial charge >= 0.3 is 19.8 Å². The van der Waals surface area contributed by atoms with Gasteiger partial charge in [0.15, 0.2) is 17.4 Å². The predicted molar refractivity (Wildman–Crippen MR) is 25.3 cm³/mol. The van der Waals surface area contributed by atoms with Crippen LogP contribution in [0.3, 0.4) is 0 Å². The Bertz CT molecular complexity index is 6.00. The summed E-state index contributed by atoms with van der Waals surface area (Å²) in [5.74, 6) is 0. The molecule has 2 nitrogen and oxygen atoms in total. The van der Waals surface area contributed by atoms with E-state index in [2.05, 4.69) is 0 Å². The monoisotopic (exact) mass is 132 g/mol. The summed E-state index contributed by atoms with van der Waals surface area (Å²) in [6.07, 6.45) is 0. The minimum atomic E-state index is 0. The van der Waals surface area contributed by atoms with Crippen LogP contribution in [0.5, 0.6) is 0 Å². The van der Waals surface area contributed by atoms with E-state index in [-0.39, 0.29) is 37.2 Å². The van der Waals surface area contributed by atoms with E-state index >= 15 is 0 Å². The van der Waals surface area contributed by atoms with Gasteiger partial charge < -0.3 is 0 Å². The minimum absolute atomic E-state index is 0. The molecule has 0 rings (SSSR count). The van der Waals surface area contributed by atoms with Gasteiger partial charge in [0.05, 0.1) is 0 Å². The van der Waals surface area contributed by atoms with Crippen molar-refractivity contribution in [2.45, 2.75) is 0 Å². The predicted octanol–water partition coefficient (Wildman–Crippen LogP) is -1.77. The third-order valence-corrected chi connectivity index (χ3v) is 0. The quantitative estimate of drug-likeness (QED) is 0.290. The Morgan fingerprint density at radius 3 is 1.00 bits per heavy atom. The standard InChI is InChI=1S/Al.Ga.H2N2.6H/c;;1-2;;;;;;/h;;1-2H;;;;;;. The SMILES string of the molecule is N=N.[AlH3].[GaH3]. The Morgan fingerprint density at radius 1 is 1.00 bits per heavy atom. The van der Waals surface area contributed by atoms with E-state index in [4.69, 9.17) is 11.1 Å². The van der Waals surface area contributed by atoms with Crippen molar-refractivity contribution in [2.75, 3.05) is 0 Å². The topological polar surface area (TPSA) is 47.7 Å². The second-order valence-electron chi connectivity index (χ2n) is 0. The van der Waals surface area contributed by atoms with Crippen molar-refractivity contribution >= 4 is 37.2 Å². The molecule has 2 N–H and O–H groups in total. The molecule has 0 amide bonds. The van der Waals surface area contributed by atoms with Crippen LogP contribution in [0, 0.1) is 11.1 Å². The van der Waals surface area contributed by atoms with E-state index in [1.807, 2.05) is 0 Å². The molecule has 0 unspecified atom stereocenters. The van der Waals surface area contributed by atoms with Gasteiger partial charge in [-0.15, -0.1) is 0 Å². The molecule has 0 aliphatic carbocycles. The Kier molecular flexibility index (Phi) is 265. The Balaban J connectivity index is -0.00000000500. The van der Waals surface area contributed by atoms with Crippen LogP contribution in [0.1, 0.15) is 0 Å². The first-order chi connectivity index (χ1) is 1.00. The van der Waals surface area contributed by atoms with Crippen LogP contribution in [0.2, 0.25) is 0 Å². The number of hydrogen-bond donors (Lipinski definition) is 2. The molecule has 0 saturated heterocycles. The summed E-state index contributed by atoms with van der Waals surface area (Å²) in [5, 5.41) is 0. The molecule has 0 heterocycles. The second-order valence-corrected chi connectivity index (χ2v) is 0. The molecule has 0 radical (unpaired) electrons. The van der Waals surface area contributed by atoms with Gasteiger partial charge in [-0.3, -0.25) is 0 Å². The van der Waals surface area contributed by atoms with Gasteiger partial charge in [-0.05, 0) is 0 Å². The molecule has 24 valence electrons. The molecule has 0 aromatic rings. The van der Waals surface area contributed by atoms with Crippen LogP contribution in [0.4, 0.5) is 0 Å². The molecule has 0 aromatic carbocycles. The molecule has 4 heteroatoms. The second kappa shape index (κ2) is 48.9. The number of hydrogen-bond acceptors (Lipinski definition) is 2. The van der Waals surface area contributed by atoms with Crippen LogP contribution >= 0.6 is 0 Å². The molecule has 0 spiro atoms. The third kappa shape index (κ3) is 14.7. The fourth-order valence-corrected chi connectivity index (χ4v) is 0. The van der Waals surface area contributed by atoms with Gasteiger partial charge in [0.2, 0.25) is 0 Å². The normalized spacial score (nSPS) is 1.00. The van der Waals surface area contributed by atoms with Gasteiger partial charge in [-0.1, -0.05) is 0 Å². The molecule has 0 bridgehead atoms. The van der Waals surface area contributed by atoms with Crippen molar-refractivity contribution < 1.29 is 0 Å². The third-order valence-electron chi connectivity index (χ3n) is 0. The number of rotatable bonds is 0. The van der Waals surface area contributed by atoms with E-state index in [9.17, 15) is 0 Å². The zero-order valence-electron chi connectivity index (χ0n) is 1.00. The zero-order chi connectivity index (χ0) is 2.00. The average Bonchev–Trinajstić information content (AvgIpc) is 1.00. The van der Waals surface area contributed by atoms with Crippen molar-refractivity contribution in [3.05, 3.63) is 0 Å². The molecule has 0 saturated carbocycles. The van der Waals surface area contributed by atoms with E-state index in [0.717, 1.165) is 0 Å². The number of nitrogens with one attached hydrogen (secondary N) is 2. The summed E-state index contributed by atoms with van der Waals surface area (Å²) < 4.78 is 0. The van der Waals surface area contributed by atoms with Gasteiger partial charge in [-0.2, -0.15) is 0 Å². The Hall–Kier alpha value is 0.769. The van der Waals surface area contributed by atoms with E-state index < -0.39 is 0 Å². The van der Waals surface area contributed by atoms with Gasteiger partial charge in [0.25, 0.3) is 0 Å². The van der Waals surface area contributed by atoms with E-state index in [1.165, 1.54) is 0 Å². The van der Waals surface area contributed by atoms with Gasteiger partial charge in [0.1, 0.15) is 0 Å². The summed E-state index contributed by atoms with van der Waals surface area (Å²) in [7, 11) is 0. The van der Waals surface area contributed by atoms with Crippen LogP contribution in [-0.4, -0.2) is 37.2 Å². The maximum atomic E-state index is 5.00. The van der Waals surface area contributed by atoms with Gasteiger partial charge in [0, 0.05) is 0 Å². The van der Waals surface area contributed by atoms with Gasteiger partial charge in [-0.25, -0.2) is 11.1 Å². The molecular formula is H8AlGaN2. The first kappa shape index (κ1) is 21.6. The fourth-order valence-electron chi connectivity index (χ4n) is 0. The average molecular weight is 133 g/mol. The summed E-state index contributed by atoms with van der Waals surface area (Å²) in [6, 6.07) is 0. The van der Waals surface area contributed by atoms with Crippen molar-refractivity contribution in [3.8, 4) is 0 Å². The zero-order valence-corrected chi connectivity index (χ0v) is 1.00. The van der Waals surface area contributed by atoms with Crippen LogP contribution in [-0.2, 0) is 0 Å². The van der Waals surface area contributed by atoms with E-state index in [0.29, 0.717) is 0 Å². The summed E-state index contributed by atoms with van der Waals surface area (Å²) in [6.45, 7) is 0. The first-order valence-electron chi connectivity index (χ1n) is 0.250. The fraction of sp³-hybridized carbons (Fsp3) is 0. The molecule has 0 aromatic heterocycles. The molecule has 0 atom stereocenters. The Morgan fingerprint density at radius 2 is 1.00 bits per heavy atom. The maximum absolute atomic E-state index is 5.00. The van der Waals surface area contributed by atoms with Crippen molar-refractivity contribution in [1.82, 2.24) is 0 Å².